The van der Waals surface area contributed by atoms with Crippen molar-refractivity contribution in [3.63, 3.8) is 0 Å². The van der Waals surface area contributed by atoms with E-state index in [0.717, 1.165) is 18.8 Å². The van der Waals surface area contributed by atoms with Gasteiger partial charge in [0.05, 0.1) is 5.69 Å². The SMILES string of the molecule is CCN(C)CCOc1ccccc1N. The molecule has 0 saturated heterocycles. The van der Waals surface area contributed by atoms with Gasteiger partial charge in [-0.2, -0.15) is 0 Å². The normalized spacial score (nSPS) is 10.5. The van der Waals surface area contributed by atoms with Crippen molar-refractivity contribution in [1.82, 2.24) is 4.90 Å². The maximum atomic E-state index is 5.73. The Balaban J connectivity index is 2.35. The molecule has 3 nitrogen and oxygen atoms in total. The van der Waals surface area contributed by atoms with Gasteiger partial charge in [0, 0.05) is 6.54 Å². The van der Waals surface area contributed by atoms with E-state index < -0.39 is 0 Å². The van der Waals surface area contributed by atoms with Crippen LogP contribution in [0.25, 0.3) is 0 Å². The van der Waals surface area contributed by atoms with Gasteiger partial charge >= 0.3 is 0 Å². The number of hydrogen-bond acceptors (Lipinski definition) is 3. The second kappa shape index (κ2) is 5.50. The predicted molar refractivity (Wildman–Crippen MR) is 59.5 cm³/mol. The standard InChI is InChI=1S/C11H18N2O/c1-3-13(2)8-9-14-11-7-5-4-6-10(11)12/h4-7H,3,8-9,12H2,1-2H3. The van der Waals surface area contributed by atoms with E-state index in [0.29, 0.717) is 12.3 Å². The molecule has 1 aromatic carbocycles. The topological polar surface area (TPSA) is 38.5 Å². The Morgan fingerprint density at radius 1 is 1.36 bits per heavy atom. The van der Waals surface area contributed by atoms with Gasteiger partial charge in [-0.1, -0.05) is 19.1 Å². The van der Waals surface area contributed by atoms with Crippen LogP contribution in [-0.4, -0.2) is 31.6 Å². The Bertz CT molecular complexity index is 276. The third-order valence-electron chi connectivity index (χ3n) is 2.19. The first-order valence-corrected chi connectivity index (χ1v) is 4.90. The summed E-state index contributed by atoms with van der Waals surface area (Å²) < 4.78 is 5.54. The molecule has 14 heavy (non-hydrogen) atoms. The molecule has 0 spiro atoms. The largest absolute Gasteiger partial charge is 0.490 e. The van der Waals surface area contributed by atoms with E-state index in [2.05, 4.69) is 18.9 Å². The lowest BCUT2D eigenvalue weighted by molar-refractivity contribution is 0.244. The molecule has 0 heterocycles. The Morgan fingerprint density at radius 2 is 2.07 bits per heavy atom. The molecule has 0 bridgehead atoms. The quantitative estimate of drug-likeness (QED) is 0.723. The van der Waals surface area contributed by atoms with E-state index in [1.54, 1.807) is 0 Å². The van der Waals surface area contributed by atoms with E-state index in [1.165, 1.54) is 0 Å². The Morgan fingerprint density at radius 3 is 2.71 bits per heavy atom. The number of nitrogens with two attached hydrogens (primary N) is 1. The first kappa shape index (κ1) is 10.9. The fourth-order valence-electron chi connectivity index (χ4n) is 1.08. The third kappa shape index (κ3) is 3.26. The molecule has 1 rings (SSSR count). The highest BCUT2D eigenvalue weighted by atomic mass is 16.5. The molecule has 0 amide bonds. The van der Waals surface area contributed by atoms with Crippen LogP contribution < -0.4 is 10.5 Å². The molecule has 2 N–H and O–H groups in total. The number of hydrogen-bond donors (Lipinski definition) is 1. The van der Waals surface area contributed by atoms with Crippen molar-refractivity contribution >= 4 is 5.69 Å². The summed E-state index contributed by atoms with van der Waals surface area (Å²) in [7, 11) is 2.07. The summed E-state index contributed by atoms with van der Waals surface area (Å²) in [6, 6.07) is 7.57. The number of nitrogen functional groups attached to an aromatic ring is 1. The zero-order valence-electron chi connectivity index (χ0n) is 8.86. The molecule has 0 aliphatic carbocycles. The van der Waals surface area contributed by atoms with E-state index in [9.17, 15) is 0 Å². The van der Waals surface area contributed by atoms with E-state index >= 15 is 0 Å². The smallest absolute Gasteiger partial charge is 0.142 e. The van der Waals surface area contributed by atoms with E-state index in [1.807, 2.05) is 24.3 Å². The van der Waals surface area contributed by atoms with Crippen LogP contribution in [0.4, 0.5) is 5.69 Å². The van der Waals surface area contributed by atoms with Crippen LogP contribution in [0.2, 0.25) is 0 Å². The van der Waals surface area contributed by atoms with Crippen molar-refractivity contribution in [2.45, 2.75) is 6.92 Å². The minimum absolute atomic E-state index is 0.679. The number of benzene rings is 1. The van der Waals surface area contributed by atoms with E-state index in [4.69, 9.17) is 10.5 Å². The van der Waals surface area contributed by atoms with Gasteiger partial charge in [-0.15, -0.1) is 0 Å². The van der Waals surface area contributed by atoms with Gasteiger partial charge in [0.15, 0.2) is 0 Å². The first-order valence-electron chi connectivity index (χ1n) is 4.90. The minimum atomic E-state index is 0.679. The summed E-state index contributed by atoms with van der Waals surface area (Å²) in [4.78, 5) is 2.19. The lowest BCUT2D eigenvalue weighted by atomic mass is 10.3. The van der Waals surface area contributed by atoms with Crippen LogP contribution in [0.3, 0.4) is 0 Å². The van der Waals surface area contributed by atoms with Crippen molar-refractivity contribution in [2.24, 2.45) is 0 Å². The summed E-state index contributed by atoms with van der Waals surface area (Å²) in [6.45, 7) is 4.76. The molecule has 0 radical (unpaired) electrons. The summed E-state index contributed by atoms with van der Waals surface area (Å²) in [6.07, 6.45) is 0. The van der Waals surface area contributed by atoms with Gasteiger partial charge in [-0.25, -0.2) is 0 Å². The first-order chi connectivity index (χ1) is 6.74. The van der Waals surface area contributed by atoms with Crippen molar-refractivity contribution in [3.8, 4) is 5.75 Å². The molecular formula is C11H18N2O. The predicted octanol–water partition coefficient (Wildman–Crippen LogP) is 1.60. The van der Waals surface area contributed by atoms with Crippen LogP contribution in [0.1, 0.15) is 6.92 Å². The van der Waals surface area contributed by atoms with Crippen LogP contribution in [-0.2, 0) is 0 Å². The molecule has 0 aliphatic rings. The molecule has 0 unspecified atom stereocenters. The van der Waals surface area contributed by atoms with Gasteiger partial charge in [0.25, 0.3) is 0 Å². The second-order valence-corrected chi connectivity index (χ2v) is 3.28. The van der Waals surface area contributed by atoms with Gasteiger partial charge in [-0.05, 0) is 25.7 Å². The number of para-hydroxylation sites is 2. The number of anilines is 1. The molecule has 3 heteroatoms. The highest BCUT2D eigenvalue weighted by molar-refractivity contribution is 5.51. The van der Waals surface area contributed by atoms with Crippen molar-refractivity contribution < 1.29 is 4.74 Å². The minimum Gasteiger partial charge on any atom is -0.490 e. The molecule has 1 aromatic rings. The van der Waals surface area contributed by atoms with Crippen LogP contribution in [0.5, 0.6) is 5.75 Å². The summed E-state index contributed by atoms with van der Waals surface area (Å²) in [5.41, 5.74) is 6.43. The molecule has 0 saturated carbocycles. The van der Waals surface area contributed by atoms with Crippen LogP contribution >= 0.6 is 0 Å². The molecule has 0 aliphatic heterocycles. The van der Waals surface area contributed by atoms with Gasteiger partial charge in [0.2, 0.25) is 0 Å². The third-order valence-corrected chi connectivity index (χ3v) is 2.19. The molecule has 0 atom stereocenters. The monoisotopic (exact) mass is 194 g/mol. The second-order valence-electron chi connectivity index (χ2n) is 3.28. The Kier molecular flexibility index (Phi) is 4.26. The maximum absolute atomic E-state index is 5.73. The van der Waals surface area contributed by atoms with E-state index in [-0.39, 0.29) is 0 Å². The van der Waals surface area contributed by atoms with Gasteiger partial charge in [-0.3, -0.25) is 0 Å². The zero-order chi connectivity index (χ0) is 10.4. The van der Waals surface area contributed by atoms with Crippen LogP contribution in [0, 0.1) is 0 Å². The summed E-state index contributed by atoms with van der Waals surface area (Å²) in [5, 5.41) is 0. The Hall–Kier alpha value is -1.22. The molecule has 0 fully saturated rings. The van der Waals surface area contributed by atoms with Crippen molar-refractivity contribution in [3.05, 3.63) is 24.3 Å². The lowest BCUT2D eigenvalue weighted by Gasteiger charge is -2.14. The maximum Gasteiger partial charge on any atom is 0.142 e. The van der Waals surface area contributed by atoms with Gasteiger partial charge in [0.1, 0.15) is 12.4 Å². The molecule has 0 aromatic heterocycles. The van der Waals surface area contributed by atoms with Crippen molar-refractivity contribution in [2.75, 3.05) is 32.5 Å². The van der Waals surface area contributed by atoms with Crippen molar-refractivity contribution in [1.29, 1.82) is 0 Å². The average molecular weight is 194 g/mol. The zero-order valence-corrected chi connectivity index (χ0v) is 8.86. The number of nitrogens with zero attached hydrogens (tertiary/aromatic N) is 1. The number of likely N-dealkylation sites (N-methyl/N-ethyl adjacent to an activating group) is 1. The highest BCUT2D eigenvalue weighted by Gasteiger charge is 1.99. The summed E-state index contributed by atoms with van der Waals surface area (Å²) >= 11 is 0. The average Bonchev–Trinajstić information content (AvgIpc) is 2.20. The van der Waals surface area contributed by atoms with Gasteiger partial charge < -0.3 is 15.4 Å². The highest BCUT2D eigenvalue weighted by Crippen LogP contribution is 2.19. The molecular weight excluding hydrogens is 176 g/mol. The lowest BCUT2D eigenvalue weighted by Crippen LogP contribution is -2.23. The van der Waals surface area contributed by atoms with Crippen LogP contribution in [0.15, 0.2) is 24.3 Å². The Labute approximate surface area is 85.5 Å². The summed E-state index contributed by atoms with van der Waals surface area (Å²) in [5.74, 6) is 0.775. The fourth-order valence-corrected chi connectivity index (χ4v) is 1.08. The number of rotatable bonds is 5. The number of ether oxygens (including phenoxy) is 1. The molecule has 78 valence electrons. The fraction of sp³-hybridized carbons (Fsp3) is 0.455.